The van der Waals surface area contributed by atoms with Crippen molar-refractivity contribution in [1.29, 1.82) is 0 Å². The number of nitrogens with one attached hydrogen (secondary N) is 1. The molecular weight excluding hydrogens is 266 g/mol. The number of carbonyl (C=O) groups excluding carboxylic acids is 2. The van der Waals surface area contributed by atoms with Crippen LogP contribution in [0.4, 0.5) is 5.69 Å². The van der Waals surface area contributed by atoms with Crippen molar-refractivity contribution in [3.05, 3.63) is 29.3 Å². The van der Waals surface area contributed by atoms with Gasteiger partial charge in [0.15, 0.2) is 0 Å². The molecule has 1 fully saturated rings. The van der Waals surface area contributed by atoms with E-state index >= 15 is 0 Å². The summed E-state index contributed by atoms with van der Waals surface area (Å²) in [6.45, 7) is 8.44. The first kappa shape index (κ1) is 15.4. The van der Waals surface area contributed by atoms with E-state index in [0.29, 0.717) is 32.7 Å². The molecule has 2 rings (SSSR count). The number of hydrogen-bond acceptors (Lipinski definition) is 3. The molecule has 0 bridgehead atoms. The zero-order chi connectivity index (χ0) is 15.4. The summed E-state index contributed by atoms with van der Waals surface area (Å²) in [6, 6.07) is 6.18. The van der Waals surface area contributed by atoms with Crippen molar-refractivity contribution in [3.63, 3.8) is 0 Å². The van der Waals surface area contributed by atoms with Crippen LogP contribution in [0.5, 0.6) is 0 Å². The Morgan fingerprint density at radius 3 is 2.05 bits per heavy atom. The van der Waals surface area contributed by atoms with Gasteiger partial charge in [0.05, 0.1) is 6.54 Å². The predicted molar refractivity (Wildman–Crippen MR) is 83.2 cm³/mol. The molecule has 0 radical (unpaired) electrons. The highest BCUT2D eigenvalue weighted by molar-refractivity contribution is 5.81. The van der Waals surface area contributed by atoms with Gasteiger partial charge in [0.1, 0.15) is 0 Å². The highest BCUT2D eigenvalue weighted by Gasteiger charge is 2.21. The van der Waals surface area contributed by atoms with Crippen molar-refractivity contribution >= 4 is 17.5 Å². The average molecular weight is 289 g/mol. The van der Waals surface area contributed by atoms with Crippen molar-refractivity contribution in [2.75, 3.05) is 38.0 Å². The Morgan fingerprint density at radius 1 is 1.00 bits per heavy atom. The lowest BCUT2D eigenvalue weighted by Gasteiger charge is -2.34. The van der Waals surface area contributed by atoms with Crippen LogP contribution in [-0.2, 0) is 9.59 Å². The van der Waals surface area contributed by atoms with Crippen LogP contribution in [0, 0.1) is 13.8 Å². The SMILES string of the molecule is CC(=O)N1CCN(C(=O)CNc2cc(C)cc(C)c2)CC1. The quantitative estimate of drug-likeness (QED) is 0.915. The van der Waals surface area contributed by atoms with Gasteiger partial charge in [0.2, 0.25) is 11.8 Å². The van der Waals surface area contributed by atoms with Crippen LogP contribution in [0.25, 0.3) is 0 Å². The summed E-state index contributed by atoms with van der Waals surface area (Å²) in [5.41, 5.74) is 3.34. The first-order chi connectivity index (χ1) is 9.95. The van der Waals surface area contributed by atoms with Crippen LogP contribution in [0.2, 0.25) is 0 Å². The van der Waals surface area contributed by atoms with Gasteiger partial charge in [-0.1, -0.05) is 6.07 Å². The van der Waals surface area contributed by atoms with E-state index in [1.165, 1.54) is 11.1 Å². The minimum Gasteiger partial charge on any atom is -0.376 e. The first-order valence-electron chi connectivity index (χ1n) is 7.31. The summed E-state index contributed by atoms with van der Waals surface area (Å²) in [5.74, 6) is 0.160. The Kier molecular flexibility index (Phi) is 4.83. The van der Waals surface area contributed by atoms with E-state index in [1.807, 2.05) is 30.9 Å². The molecule has 1 aliphatic heterocycles. The number of anilines is 1. The molecule has 0 unspecified atom stereocenters. The van der Waals surface area contributed by atoms with Crippen LogP contribution in [0.1, 0.15) is 18.1 Å². The van der Waals surface area contributed by atoms with Crippen LogP contribution in [-0.4, -0.2) is 54.3 Å². The zero-order valence-electron chi connectivity index (χ0n) is 13.0. The number of aryl methyl sites for hydroxylation is 2. The van der Waals surface area contributed by atoms with Gasteiger partial charge < -0.3 is 15.1 Å². The second-order valence-corrected chi connectivity index (χ2v) is 5.62. The third-order valence-corrected chi connectivity index (χ3v) is 3.74. The van der Waals surface area contributed by atoms with Gasteiger partial charge in [0.25, 0.3) is 0 Å². The summed E-state index contributed by atoms with van der Waals surface area (Å²) in [4.78, 5) is 27.0. The minimum absolute atomic E-state index is 0.0791. The van der Waals surface area contributed by atoms with Gasteiger partial charge in [-0.25, -0.2) is 0 Å². The molecule has 1 aliphatic rings. The smallest absolute Gasteiger partial charge is 0.241 e. The molecule has 1 aromatic rings. The first-order valence-corrected chi connectivity index (χ1v) is 7.31. The standard InChI is InChI=1S/C16H23N3O2/c1-12-8-13(2)10-15(9-12)17-11-16(21)19-6-4-18(5-7-19)14(3)20/h8-10,17H,4-7,11H2,1-3H3. The molecule has 5 nitrogen and oxygen atoms in total. The topological polar surface area (TPSA) is 52.7 Å². The van der Waals surface area contributed by atoms with Crippen molar-refractivity contribution in [1.82, 2.24) is 9.80 Å². The van der Waals surface area contributed by atoms with Crippen LogP contribution in [0.15, 0.2) is 18.2 Å². The molecule has 0 aromatic heterocycles. The van der Waals surface area contributed by atoms with Crippen LogP contribution < -0.4 is 5.32 Å². The average Bonchev–Trinajstić information content (AvgIpc) is 2.44. The molecule has 0 aliphatic carbocycles. The van der Waals surface area contributed by atoms with E-state index in [-0.39, 0.29) is 11.8 Å². The van der Waals surface area contributed by atoms with Crippen molar-refractivity contribution in [3.8, 4) is 0 Å². The summed E-state index contributed by atoms with van der Waals surface area (Å²) in [7, 11) is 0. The summed E-state index contributed by atoms with van der Waals surface area (Å²) in [5, 5.41) is 3.19. The fourth-order valence-electron chi connectivity index (χ4n) is 2.64. The number of amides is 2. The van der Waals surface area contributed by atoms with Gasteiger partial charge in [-0.3, -0.25) is 9.59 Å². The zero-order valence-corrected chi connectivity index (χ0v) is 13.0. The number of benzene rings is 1. The number of rotatable bonds is 3. The number of carbonyl (C=O) groups is 2. The molecular formula is C16H23N3O2. The Hall–Kier alpha value is -2.04. The van der Waals surface area contributed by atoms with E-state index in [4.69, 9.17) is 0 Å². The third-order valence-electron chi connectivity index (χ3n) is 3.74. The van der Waals surface area contributed by atoms with Crippen LogP contribution in [0.3, 0.4) is 0 Å². The summed E-state index contributed by atoms with van der Waals surface area (Å²) < 4.78 is 0. The molecule has 1 heterocycles. The van der Waals surface area contributed by atoms with E-state index in [2.05, 4.69) is 11.4 Å². The highest BCUT2D eigenvalue weighted by Crippen LogP contribution is 2.13. The predicted octanol–water partition coefficient (Wildman–Crippen LogP) is 1.41. The normalized spacial score (nSPS) is 15.0. The Labute approximate surface area is 125 Å². The molecule has 1 N–H and O–H groups in total. The minimum atomic E-state index is 0.0791. The van der Waals surface area contributed by atoms with Gasteiger partial charge in [0, 0.05) is 38.8 Å². The maximum atomic E-state index is 12.2. The molecule has 1 saturated heterocycles. The highest BCUT2D eigenvalue weighted by atomic mass is 16.2. The maximum Gasteiger partial charge on any atom is 0.241 e. The number of nitrogens with zero attached hydrogens (tertiary/aromatic N) is 2. The lowest BCUT2D eigenvalue weighted by Crippen LogP contribution is -2.51. The Balaban J connectivity index is 1.84. The van der Waals surface area contributed by atoms with Crippen molar-refractivity contribution < 1.29 is 9.59 Å². The van der Waals surface area contributed by atoms with Crippen molar-refractivity contribution in [2.45, 2.75) is 20.8 Å². The Morgan fingerprint density at radius 2 is 1.52 bits per heavy atom. The largest absolute Gasteiger partial charge is 0.376 e. The van der Waals surface area contributed by atoms with E-state index in [9.17, 15) is 9.59 Å². The number of hydrogen-bond donors (Lipinski definition) is 1. The summed E-state index contributed by atoms with van der Waals surface area (Å²) >= 11 is 0. The fraction of sp³-hybridized carbons (Fsp3) is 0.500. The molecule has 5 heteroatoms. The monoisotopic (exact) mass is 289 g/mol. The second kappa shape index (κ2) is 6.61. The van der Waals surface area contributed by atoms with E-state index in [0.717, 1.165) is 5.69 Å². The third kappa shape index (κ3) is 4.21. The van der Waals surface area contributed by atoms with Gasteiger partial charge in [-0.05, 0) is 37.1 Å². The van der Waals surface area contributed by atoms with E-state index in [1.54, 1.807) is 11.8 Å². The molecule has 21 heavy (non-hydrogen) atoms. The summed E-state index contributed by atoms with van der Waals surface area (Å²) in [6.07, 6.45) is 0. The van der Waals surface area contributed by atoms with Gasteiger partial charge in [-0.2, -0.15) is 0 Å². The van der Waals surface area contributed by atoms with Crippen LogP contribution >= 0.6 is 0 Å². The molecule has 2 amide bonds. The molecule has 114 valence electrons. The lowest BCUT2D eigenvalue weighted by molar-refractivity contribution is -0.137. The second-order valence-electron chi connectivity index (χ2n) is 5.62. The van der Waals surface area contributed by atoms with Gasteiger partial charge in [-0.15, -0.1) is 0 Å². The molecule has 0 atom stereocenters. The molecule has 1 aromatic carbocycles. The Bertz CT molecular complexity index is 514. The maximum absolute atomic E-state index is 12.2. The lowest BCUT2D eigenvalue weighted by atomic mass is 10.1. The molecule has 0 saturated carbocycles. The fourth-order valence-corrected chi connectivity index (χ4v) is 2.64. The molecule has 0 spiro atoms. The van der Waals surface area contributed by atoms with Gasteiger partial charge >= 0.3 is 0 Å². The van der Waals surface area contributed by atoms with Crippen molar-refractivity contribution in [2.24, 2.45) is 0 Å². The number of piperazine rings is 1. The van der Waals surface area contributed by atoms with E-state index < -0.39 is 0 Å².